The molecule has 2 aromatic rings. The molecule has 8 heteroatoms. The number of benzene rings is 1. The molecule has 0 radical (unpaired) electrons. The Bertz CT molecular complexity index is 708. The van der Waals surface area contributed by atoms with E-state index in [0.29, 0.717) is 10.8 Å². The van der Waals surface area contributed by atoms with Crippen molar-refractivity contribution in [3.63, 3.8) is 0 Å². The van der Waals surface area contributed by atoms with Crippen molar-refractivity contribution < 1.29 is 14.8 Å². The van der Waals surface area contributed by atoms with Crippen molar-refractivity contribution in [2.75, 3.05) is 0 Å². The van der Waals surface area contributed by atoms with Crippen molar-refractivity contribution in [2.45, 2.75) is 10.8 Å². The molecule has 0 fully saturated rings. The molecule has 2 rings (SSSR count). The summed E-state index contributed by atoms with van der Waals surface area (Å²) in [5, 5.41) is 20.6. The minimum absolute atomic E-state index is 0.193. The fourth-order valence-corrected chi connectivity index (χ4v) is 2.83. The highest BCUT2D eigenvalue weighted by molar-refractivity contribution is 7.98. The first-order valence-electron chi connectivity index (χ1n) is 5.73. The molecule has 1 aromatic heterocycles. The molecule has 0 atom stereocenters. The summed E-state index contributed by atoms with van der Waals surface area (Å²) in [6.07, 6.45) is 1.04. The van der Waals surface area contributed by atoms with Crippen LogP contribution in [-0.2, 0) is 5.75 Å². The average molecular weight is 325 g/mol. The summed E-state index contributed by atoms with van der Waals surface area (Å²) in [5.74, 6) is -0.835. The van der Waals surface area contributed by atoms with Crippen LogP contribution in [-0.4, -0.2) is 21.0 Å². The molecule has 108 valence electrons. The van der Waals surface area contributed by atoms with Gasteiger partial charge in [0.15, 0.2) is 0 Å². The van der Waals surface area contributed by atoms with Crippen molar-refractivity contribution in [1.29, 1.82) is 0 Å². The number of nitro groups is 1. The number of rotatable bonds is 5. The van der Waals surface area contributed by atoms with E-state index >= 15 is 0 Å². The molecule has 0 bridgehead atoms. The fraction of sp³-hybridized carbons (Fsp3) is 0.0769. The Morgan fingerprint density at radius 1 is 1.43 bits per heavy atom. The summed E-state index contributed by atoms with van der Waals surface area (Å²) in [7, 11) is 0. The first kappa shape index (κ1) is 15.3. The van der Waals surface area contributed by atoms with Crippen LogP contribution in [0, 0.1) is 10.1 Å². The van der Waals surface area contributed by atoms with Crippen LogP contribution in [0.1, 0.15) is 15.9 Å². The van der Waals surface area contributed by atoms with E-state index in [9.17, 15) is 14.9 Å². The van der Waals surface area contributed by atoms with E-state index in [4.69, 9.17) is 16.7 Å². The summed E-state index contributed by atoms with van der Waals surface area (Å²) in [6, 6.07) is 8.18. The van der Waals surface area contributed by atoms with Gasteiger partial charge in [0.25, 0.3) is 5.69 Å². The third kappa shape index (κ3) is 3.71. The van der Waals surface area contributed by atoms with Gasteiger partial charge in [-0.15, -0.1) is 11.8 Å². The molecule has 0 aliphatic heterocycles. The number of pyridine rings is 1. The molecular formula is C13H9ClN2O4S. The minimum atomic E-state index is -1.26. The standard InChI is InChI=1S/C13H9ClN2O4S/c14-11-4-2-1-3-8(11)7-21-12-10(13(17)18)5-9(6-15-12)16(19)20/h1-6H,7H2,(H,17,18). The number of hydrogen-bond acceptors (Lipinski definition) is 5. The Hall–Kier alpha value is -2.12. The molecule has 21 heavy (non-hydrogen) atoms. The maximum absolute atomic E-state index is 11.2. The topological polar surface area (TPSA) is 93.3 Å². The van der Waals surface area contributed by atoms with Gasteiger partial charge in [0.1, 0.15) is 11.2 Å². The smallest absolute Gasteiger partial charge is 0.338 e. The van der Waals surface area contributed by atoms with Crippen LogP contribution < -0.4 is 0 Å². The van der Waals surface area contributed by atoms with Crippen molar-refractivity contribution in [3.05, 3.63) is 62.8 Å². The fourth-order valence-electron chi connectivity index (χ4n) is 1.57. The van der Waals surface area contributed by atoms with Gasteiger partial charge in [-0.2, -0.15) is 0 Å². The highest BCUT2D eigenvalue weighted by atomic mass is 35.5. The molecule has 0 aliphatic rings. The van der Waals surface area contributed by atoms with Crippen LogP contribution in [0.4, 0.5) is 5.69 Å². The highest BCUT2D eigenvalue weighted by Gasteiger charge is 2.18. The zero-order chi connectivity index (χ0) is 15.4. The lowest BCUT2D eigenvalue weighted by atomic mass is 10.2. The highest BCUT2D eigenvalue weighted by Crippen LogP contribution is 2.29. The van der Waals surface area contributed by atoms with E-state index < -0.39 is 10.9 Å². The van der Waals surface area contributed by atoms with Gasteiger partial charge in [0, 0.05) is 16.8 Å². The van der Waals surface area contributed by atoms with Crippen molar-refractivity contribution in [2.24, 2.45) is 0 Å². The summed E-state index contributed by atoms with van der Waals surface area (Å²) < 4.78 is 0. The summed E-state index contributed by atoms with van der Waals surface area (Å²) in [4.78, 5) is 25.0. The lowest BCUT2D eigenvalue weighted by Crippen LogP contribution is -2.03. The van der Waals surface area contributed by atoms with Crippen LogP contribution >= 0.6 is 23.4 Å². The van der Waals surface area contributed by atoms with E-state index in [1.807, 2.05) is 12.1 Å². The molecule has 0 saturated carbocycles. The van der Waals surface area contributed by atoms with Gasteiger partial charge >= 0.3 is 5.97 Å². The van der Waals surface area contributed by atoms with Gasteiger partial charge in [-0.3, -0.25) is 10.1 Å². The Morgan fingerprint density at radius 3 is 2.76 bits per heavy atom. The van der Waals surface area contributed by atoms with E-state index in [1.165, 1.54) is 0 Å². The maximum atomic E-state index is 11.2. The van der Waals surface area contributed by atoms with Crippen molar-refractivity contribution >= 4 is 35.0 Å². The zero-order valence-corrected chi connectivity index (χ0v) is 12.1. The van der Waals surface area contributed by atoms with Crippen molar-refractivity contribution in [3.8, 4) is 0 Å². The van der Waals surface area contributed by atoms with Crippen molar-refractivity contribution in [1.82, 2.24) is 4.98 Å². The Kier molecular flexibility index (Phi) is 4.77. The van der Waals surface area contributed by atoms with Crippen LogP contribution in [0.2, 0.25) is 5.02 Å². The van der Waals surface area contributed by atoms with Crippen LogP contribution in [0.3, 0.4) is 0 Å². The van der Waals surface area contributed by atoms with Gasteiger partial charge in [0.05, 0.1) is 10.5 Å². The molecule has 6 nitrogen and oxygen atoms in total. The molecule has 0 amide bonds. The predicted octanol–water partition coefficient (Wildman–Crippen LogP) is 3.63. The second kappa shape index (κ2) is 6.55. The molecule has 0 saturated heterocycles. The third-order valence-corrected chi connectivity index (χ3v) is 4.02. The SMILES string of the molecule is O=C(O)c1cc([N+](=O)[O-])cnc1SCc1ccccc1Cl. The molecule has 0 aliphatic carbocycles. The summed E-state index contributed by atoms with van der Waals surface area (Å²) >= 11 is 7.18. The molecule has 1 N–H and O–H groups in total. The number of hydrogen-bond donors (Lipinski definition) is 1. The first-order chi connectivity index (χ1) is 9.99. The number of nitrogens with zero attached hydrogens (tertiary/aromatic N) is 2. The number of thioether (sulfide) groups is 1. The average Bonchev–Trinajstić information content (AvgIpc) is 2.46. The Morgan fingerprint density at radius 2 is 2.14 bits per heavy atom. The number of halogens is 1. The first-order valence-corrected chi connectivity index (χ1v) is 7.09. The number of carboxylic acid groups (broad SMARTS) is 1. The van der Waals surface area contributed by atoms with Crippen LogP contribution in [0.15, 0.2) is 41.6 Å². The van der Waals surface area contributed by atoms with Crippen LogP contribution in [0.25, 0.3) is 0 Å². The van der Waals surface area contributed by atoms with E-state index in [-0.39, 0.29) is 16.3 Å². The maximum Gasteiger partial charge on any atom is 0.338 e. The third-order valence-electron chi connectivity index (χ3n) is 2.60. The van der Waals surface area contributed by atoms with Gasteiger partial charge in [-0.05, 0) is 11.6 Å². The largest absolute Gasteiger partial charge is 0.478 e. The number of aromatic carboxylic acids is 1. The normalized spacial score (nSPS) is 10.3. The second-order valence-corrected chi connectivity index (χ2v) is 5.36. The quantitative estimate of drug-likeness (QED) is 0.512. The van der Waals surface area contributed by atoms with E-state index in [0.717, 1.165) is 29.6 Å². The van der Waals surface area contributed by atoms with E-state index in [2.05, 4.69) is 4.98 Å². The Labute approximate surface area is 128 Å². The molecule has 1 heterocycles. The van der Waals surface area contributed by atoms with E-state index in [1.54, 1.807) is 12.1 Å². The number of carboxylic acids is 1. The molecular weight excluding hydrogens is 316 g/mol. The molecule has 0 spiro atoms. The Balaban J connectivity index is 2.26. The minimum Gasteiger partial charge on any atom is -0.478 e. The molecule has 0 unspecified atom stereocenters. The lowest BCUT2D eigenvalue weighted by molar-refractivity contribution is -0.385. The predicted molar refractivity (Wildman–Crippen MR) is 78.9 cm³/mol. The van der Waals surface area contributed by atoms with Gasteiger partial charge < -0.3 is 5.11 Å². The lowest BCUT2D eigenvalue weighted by Gasteiger charge is -2.06. The number of aromatic nitrogens is 1. The monoisotopic (exact) mass is 324 g/mol. The summed E-state index contributed by atoms with van der Waals surface area (Å²) in [5.41, 5.74) is 0.288. The summed E-state index contributed by atoms with van der Waals surface area (Å²) in [6.45, 7) is 0. The molecule has 1 aromatic carbocycles. The second-order valence-electron chi connectivity index (χ2n) is 3.99. The van der Waals surface area contributed by atoms with Crippen LogP contribution in [0.5, 0.6) is 0 Å². The van der Waals surface area contributed by atoms with Gasteiger partial charge in [-0.1, -0.05) is 29.8 Å². The van der Waals surface area contributed by atoms with Gasteiger partial charge in [-0.25, -0.2) is 9.78 Å². The zero-order valence-electron chi connectivity index (χ0n) is 10.5. The van der Waals surface area contributed by atoms with Gasteiger partial charge in [0.2, 0.25) is 0 Å². The number of carbonyl (C=O) groups is 1.